The van der Waals surface area contributed by atoms with Gasteiger partial charge in [-0.1, -0.05) is 12.1 Å². The second-order valence-electron chi connectivity index (χ2n) is 6.10. The van der Waals surface area contributed by atoms with Gasteiger partial charge in [-0.2, -0.15) is 0 Å². The quantitative estimate of drug-likeness (QED) is 0.908. The van der Waals surface area contributed by atoms with Crippen molar-refractivity contribution in [3.05, 3.63) is 53.1 Å². The lowest BCUT2D eigenvalue weighted by Gasteiger charge is -2.26. The maximum Gasteiger partial charge on any atom is 0.319 e. The third-order valence-electron chi connectivity index (χ3n) is 4.15. The molecule has 1 heterocycles. The number of fused-ring (bicyclic) bond motifs is 1. The highest BCUT2D eigenvalue weighted by molar-refractivity contribution is 5.90. The minimum atomic E-state index is -0.219. The number of amides is 2. The Morgan fingerprint density at radius 2 is 2.04 bits per heavy atom. The molecule has 0 aromatic heterocycles. The molecular formula is C19H22N2O3. The van der Waals surface area contributed by atoms with Gasteiger partial charge in [0.25, 0.3) is 0 Å². The number of anilines is 1. The lowest BCUT2D eigenvalue weighted by molar-refractivity contribution is 0.222. The van der Waals surface area contributed by atoms with Crippen LogP contribution in [0.15, 0.2) is 36.4 Å². The van der Waals surface area contributed by atoms with E-state index in [0.717, 1.165) is 33.9 Å². The van der Waals surface area contributed by atoms with Crippen molar-refractivity contribution in [2.24, 2.45) is 0 Å². The van der Waals surface area contributed by atoms with Gasteiger partial charge in [-0.05, 0) is 61.2 Å². The van der Waals surface area contributed by atoms with Gasteiger partial charge in [0.15, 0.2) is 0 Å². The van der Waals surface area contributed by atoms with Crippen molar-refractivity contribution in [1.29, 1.82) is 0 Å². The summed E-state index contributed by atoms with van der Waals surface area (Å²) in [6.45, 7) is 4.43. The molecule has 24 heavy (non-hydrogen) atoms. The minimum Gasteiger partial charge on any atom is -0.497 e. The average molecular weight is 326 g/mol. The molecule has 0 aliphatic carbocycles. The molecule has 2 aromatic carbocycles. The Morgan fingerprint density at radius 3 is 2.83 bits per heavy atom. The number of hydrogen-bond donors (Lipinski definition) is 2. The van der Waals surface area contributed by atoms with Crippen molar-refractivity contribution in [3.8, 4) is 11.5 Å². The summed E-state index contributed by atoms with van der Waals surface area (Å²) in [5.74, 6) is 1.64. The Balaban J connectivity index is 1.64. The number of carbonyl (C=O) groups excluding carboxylic acids is 1. The third-order valence-corrected chi connectivity index (χ3v) is 4.15. The SMILES string of the molecule is COc1ccc2c(c1)C[C@@H](NC(=O)Nc1cc(C)ccc1C)CO2. The number of carbonyl (C=O) groups is 1. The summed E-state index contributed by atoms with van der Waals surface area (Å²) < 4.78 is 11.0. The van der Waals surface area contributed by atoms with Crippen LogP contribution in [-0.2, 0) is 6.42 Å². The molecule has 0 bridgehead atoms. The molecule has 5 heteroatoms. The molecule has 3 rings (SSSR count). The van der Waals surface area contributed by atoms with Crippen LogP contribution in [0.2, 0.25) is 0 Å². The van der Waals surface area contributed by atoms with Crippen molar-refractivity contribution in [1.82, 2.24) is 5.32 Å². The lowest BCUT2D eigenvalue weighted by atomic mass is 10.0. The standard InChI is InChI=1S/C19H22N2O3/c1-12-4-5-13(2)17(8-12)21-19(22)20-15-9-14-10-16(23-3)6-7-18(14)24-11-15/h4-8,10,15H,9,11H2,1-3H3,(H2,20,21,22)/t15-/m1/s1. The number of methoxy groups -OCH3 is 1. The molecule has 2 N–H and O–H groups in total. The molecule has 0 spiro atoms. The summed E-state index contributed by atoms with van der Waals surface area (Å²) in [7, 11) is 1.64. The first-order valence-corrected chi connectivity index (χ1v) is 7.99. The van der Waals surface area contributed by atoms with E-state index in [4.69, 9.17) is 9.47 Å². The molecular weight excluding hydrogens is 304 g/mol. The molecule has 2 amide bonds. The first-order chi connectivity index (χ1) is 11.5. The predicted molar refractivity (Wildman–Crippen MR) is 94.1 cm³/mol. The molecule has 1 aliphatic heterocycles. The first kappa shape index (κ1) is 16.2. The Bertz CT molecular complexity index is 758. The zero-order valence-electron chi connectivity index (χ0n) is 14.2. The summed E-state index contributed by atoms with van der Waals surface area (Å²) in [6, 6.07) is 11.4. The van der Waals surface area contributed by atoms with Gasteiger partial charge in [0.2, 0.25) is 0 Å². The van der Waals surface area contributed by atoms with Gasteiger partial charge in [-0.15, -0.1) is 0 Å². The van der Waals surface area contributed by atoms with Crippen LogP contribution in [-0.4, -0.2) is 25.8 Å². The van der Waals surface area contributed by atoms with Crippen molar-refractivity contribution >= 4 is 11.7 Å². The van der Waals surface area contributed by atoms with Gasteiger partial charge in [0, 0.05) is 5.69 Å². The summed E-state index contributed by atoms with van der Waals surface area (Å²) >= 11 is 0. The number of aryl methyl sites for hydroxylation is 2. The van der Waals surface area contributed by atoms with Crippen molar-refractivity contribution in [2.45, 2.75) is 26.3 Å². The van der Waals surface area contributed by atoms with Crippen LogP contribution in [0.1, 0.15) is 16.7 Å². The second kappa shape index (κ2) is 6.83. The van der Waals surface area contributed by atoms with E-state index in [-0.39, 0.29) is 12.1 Å². The maximum atomic E-state index is 12.3. The molecule has 0 saturated heterocycles. The van der Waals surface area contributed by atoms with E-state index in [0.29, 0.717) is 13.0 Å². The van der Waals surface area contributed by atoms with E-state index in [2.05, 4.69) is 10.6 Å². The predicted octanol–water partition coefficient (Wildman–Crippen LogP) is 3.44. The number of benzene rings is 2. The fourth-order valence-electron chi connectivity index (χ4n) is 2.80. The molecule has 126 valence electrons. The highest BCUT2D eigenvalue weighted by Gasteiger charge is 2.22. The topological polar surface area (TPSA) is 59.6 Å². The fourth-order valence-corrected chi connectivity index (χ4v) is 2.80. The zero-order valence-corrected chi connectivity index (χ0v) is 14.2. The van der Waals surface area contributed by atoms with Crippen LogP contribution in [0, 0.1) is 13.8 Å². The minimum absolute atomic E-state index is 0.0743. The highest BCUT2D eigenvalue weighted by Crippen LogP contribution is 2.28. The van der Waals surface area contributed by atoms with Crippen LogP contribution in [0.3, 0.4) is 0 Å². The van der Waals surface area contributed by atoms with Crippen LogP contribution in [0.4, 0.5) is 10.5 Å². The van der Waals surface area contributed by atoms with E-state index in [1.807, 2.05) is 50.2 Å². The molecule has 5 nitrogen and oxygen atoms in total. The van der Waals surface area contributed by atoms with Crippen LogP contribution in [0.5, 0.6) is 11.5 Å². The molecule has 2 aromatic rings. The summed E-state index contributed by atoms with van der Waals surface area (Å²) in [5.41, 5.74) is 4.01. The number of hydrogen-bond acceptors (Lipinski definition) is 3. The Hall–Kier alpha value is -2.69. The fraction of sp³-hybridized carbons (Fsp3) is 0.316. The van der Waals surface area contributed by atoms with Gasteiger partial charge < -0.3 is 20.1 Å². The zero-order chi connectivity index (χ0) is 17.1. The smallest absolute Gasteiger partial charge is 0.319 e. The monoisotopic (exact) mass is 326 g/mol. The van der Waals surface area contributed by atoms with Crippen molar-refractivity contribution in [2.75, 3.05) is 19.0 Å². The Kier molecular flexibility index (Phi) is 4.60. The summed E-state index contributed by atoms with van der Waals surface area (Å²) in [4.78, 5) is 12.3. The van der Waals surface area contributed by atoms with Gasteiger partial charge in [-0.25, -0.2) is 4.79 Å². The van der Waals surface area contributed by atoms with E-state index in [1.165, 1.54) is 0 Å². The van der Waals surface area contributed by atoms with E-state index < -0.39 is 0 Å². The first-order valence-electron chi connectivity index (χ1n) is 7.99. The Labute approximate surface area is 142 Å². The number of nitrogens with one attached hydrogen (secondary N) is 2. The van der Waals surface area contributed by atoms with Crippen LogP contribution in [0.25, 0.3) is 0 Å². The maximum absolute atomic E-state index is 12.3. The number of urea groups is 1. The molecule has 0 radical (unpaired) electrons. The van der Waals surface area contributed by atoms with Crippen LogP contribution >= 0.6 is 0 Å². The molecule has 0 saturated carbocycles. The van der Waals surface area contributed by atoms with E-state index >= 15 is 0 Å². The summed E-state index contributed by atoms with van der Waals surface area (Å²) in [6.07, 6.45) is 0.715. The normalized spacial score (nSPS) is 15.9. The molecule has 0 unspecified atom stereocenters. The lowest BCUT2D eigenvalue weighted by Crippen LogP contribution is -2.44. The van der Waals surface area contributed by atoms with Crippen molar-refractivity contribution in [3.63, 3.8) is 0 Å². The largest absolute Gasteiger partial charge is 0.497 e. The average Bonchev–Trinajstić information content (AvgIpc) is 2.57. The van der Waals surface area contributed by atoms with Gasteiger partial charge in [0.1, 0.15) is 18.1 Å². The third kappa shape index (κ3) is 3.62. The number of ether oxygens (including phenoxy) is 2. The highest BCUT2D eigenvalue weighted by atomic mass is 16.5. The molecule has 0 fully saturated rings. The molecule has 1 atom stereocenters. The Morgan fingerprint density at radius 1 is 1.21 bits per heavy atom. The molecule has 1 aliphatic rings. The van der Waals surface area contributed by atoms with E-state index in [9.17, 15) is 4.79 Å². The van der Waals surface area contributed by atoms with Gasteiger partial charge in [0.05, 0.1) is 13.2 Å². The van der Waals surface area contributed by atoms with Crippen molar-refractivity contribution < 1.29 is 14.3 Å². The van der Waals surface area contributed by atoms with Crippen LogP contribution < -0.4 is 20.1 Å². The van der Waals surface area contributed by atoms with Gasteiger partial charge in [-0.3, -0.25) is 0 Å². The second-order valence-corrected chi connectivity index (χ2v) is 6.10. The number of rotatable bonds is 3. The van der Waals surface area contributed by atoms with Gasteiger partial charge >= 0.3 is 6.03 Å². The summed E-state index contributed by atoms with van der Waals surface area (Å²) in [5, 5.41) is 5.89. The van der Waals surface area contributed by atoms with E-state index in [1.54, 1.807) is 7.11 Å².